The summed E-state index contributed by atoms with van der Waals surface area (Å²) in [5.41, 5.74) is 1.17. The van der Waals surface area contributed by atoms with Crippen molar-refractivity contribution in [2.45, 2.75) is 26.6 Å². The number of rotatable bonds is 6. The van der Waals surface area contributed by atoms with Gasteiger partial charge in [-0.25, -0.2) is 4.79 Å². The molecule has 0 saturated carbocycles. The van der Waals surface area contributed by atoms with Crippen LogP contribution in [-0.4, -0.2) is 24.6 Å². The van der Waals surface area contributed by atoms with Crippen molar-refractivity contribution in [1.29, 1.82) is 0 Å². The molecule has 3 rings (SSSR count). The molecule has 2 aromatic carbocycles. The van der Waals surface area contributed by atoms with Crippen molar-refractivity contribution in [2.75, 3.05) is 5.32 Å². The predicted molar refractivity (Wildman–Crippen MR) is 97.5 cm³/mol. The molecule has 0 fully saturated rings. The molecule has 8 heteroatoms. The number of alkyl halides is 2. The number of benzene rings is 2. The van der Waals surface area contributed by atoms with E-state index in [0.29, 0.717) is 11.1 Å². The number of anilines is 1. The van der Waals surface area contributed by atoms with Crippen molar-refractivity contribution in [3.8, 4) is 5.75 Å². The lowest BCUT2D eigenvalue weighted by molar-refractivity contribution is -0.123. The average molecular weight is 389 g/mol. The number of para-hydroxylation sites is 3. The molecule has 0 saturated heterocycles. The Bertz CT molecular complexity index is 1010. The molecule has 3 aromatic rings. The molecule has 0 aliphatic heterocycles. The minimum Gasteiger partial charge on any atom is -0.449 e. The second kappa shape index (κ2) is 8.08. The molecule has 146 valence electrons. The molecule has 0 unspecified atom stereocenters. The highest BCUT2D eigenvalue weighted by atomic mass is 19.3. The van der Waals surface area contributed by atoms with Crippen LogP contribution in [0.15, 0.2) is 52.9 Å². The van der Waals surface area contributed by atoms with Crippen molar-refractivity contribution in [2.24, 2.45) is 0 Å². The van der Waals surface area contributed by atoms with Crippen LogP contribution < -0.4 is 10.1 Å². The van der Waals surface area contributed by atoms with E-state index in [-0.39, 0.29) is 17.2 Å². The maximum Gasteiger partial charge on any atom is 0.387 e. The Morgan fingerprint density at radius 3 is 2.46 bits per heavy atom. The lowest BCUT2D eigenvalue weighted by atomic mass is 10.1. The van der Waals surface area contributed by atoms with E-state index in [0.717, 1.165) is 5.39 Å². The van der Waals surface area contributed by atoms with Gasteiger partial charge >= 0.3 is 12.6 Å². The van der Waals surface area contributed by atoms with E-state index < -0.39 is 24.6 Å². The van der Waals surface area contributed by atoms with Crippen LogP contribution in [-0.2, 0) is 9.53 Å². The highest BCUT2D eigenvalue weighted by Crippen LogP contribution is 2.27. The molecule has 6 nitrogen and oxygen atoms in total. The second-order valence-electron chi connectivity index (χ2n) is 5.96. The maximum absolute atomic E-state index is 12.5. The lowest BCUT2D eigenvalue weighted by Gasteiger charge is -2.15. The Hall–Kier alpha value is -3.42. The van der Waals surface area contributed by atoms with Crippen LogP contribution in [0.1, 0.15) is 23.0 Å². The number of nitrogens with one attached hydrogen (secondary N) is 1. The number of ether oxygens (including phenoxy) is 2. The number of hydrogen-bond donors (Lipinski definition) is 1. The van der Waals surface area contributed by atoms with Crippen molar-refractivity contribution < 1.29 is 32.3 Å². The number of carbonyl (C=O) groups excluding carboxylic acids is 2. The molecular weight excluding hydrogens is 372 g/mol. The molecule has 0 spiro atoms. The first-order valence-corrected chi connectivity index (χ1v) is 8.40. The normalized spacial score (nSPS) is 12.0. The third-order valence-electron chi connectivity index (χ3n) is 4.04. The van der Waals surface area contributed by atoms with Crippen LogP contribution in [0.2, 0.25) is 0 Å². The van der Waals surface area contributed by atoms with Gasteiger partial charge in [-0.1, -0.05) is 30.3 Å². The number of hydrogen-bond acceptors (Lipinski definition) is 5. The van der Waals surface area contributed by atoms with Crippen molar-refractivity contribution in [3.63, 3.8) is 0 Å². The summed E-state index contributed by atoms with van der Waals surface area (Å²) in [5, 5.41) is 3.18. The van der Waals surface area contributed by atoms with Crippen LogP contribution in [0, 0.1) is 6.92 Å². The first-order chi connectivity index (χ1) is 13.4. The zero-order valence-corrected chi connectivity index (χ0v) is 15.1. The number of fused-ring (bicyclic) bond motifs is 1. The van der Waals surface area contributed by atoms with E-state index in [1.54, 1.807) is 31.2 Å². The molecule has 1 aromatic heterocycles. The van der Waals surface area contributed by atoms with Gasteiger partial charge in [0.15, 0.2) is 6.10 Å². The molecule has 1 atom stereocenters. The average Bonchev–Trinajstić information content (AvgIpc) is 3.00. The summed E-state index contributed by atoms with van der Waals surface area (Å²) in [6.07, 6.45) is -1.19. The van der Waals surface area contributed by atoms with Crippen LogP contribution in [0.4, 0.5) is 14.5 Å². The summed E-state index contributed by atoms with van der Waals surface area (Å²) >= 11 is 0. The number of furan rings is 1. The zero-order valence-electron chi connectivity index (χ0n) is 15.1. The third kappa shape index (κ3) is 4.11. The summed E-state index contributed by atoms with van der Waals surface area (Å²) in [6.45, 7) is 0.0387. The molecule has 0 bridgehead atoms. The first-order valence-electron chi connectivity index (χ1n) is 8.40. The van der Waals surface area contributed by atoms with Crippen LogP contribution in [0.25, 0.3) is 11.0 Å². The Labute approximate surface area is 159 Å². The summed E-state index contributed by atoms with van der Waals surface area (Å²) in [6, 6.07) is 12.8. The van der Waals surface area contributed by atoms with Gasteiger partial charge in [-0.05, 0) is 32.0 Å². The van der Waals surface area contributed by atoms with Gasteiger partial charge in [-0.2, -0.15) is 8.78 Å². The Morgan fingerprint density at radius 1 is 1.07 bits per heavy atom. The highest BCUT2D eigenvalue weighted by Gasteiger charge is 2.25. The highest BCUT2D eigenvalue weighted by molar-refractivity contribution is 5.99. The lowest BCUT2D eigenvalue weighted by Crippen LogP contribution is -2.30. The fourth-order valence-electron chi connectivity index (χ4n) is 2.64. The van der Waals surface area contributed by atoms with E-state index in [9.17, 15) is 18.4 Å². The molecule has 1 heterocycles. The summed E-state index contributed by atoms with van der Waals surface area (Å²) in [4.78, 5) is 24.7. The molecule has 28 heavy (non-hydrogen) atoms. The predicted octanol–water partition coefficient (Wildman–Crippen LogP) is 4.53. The Balaban J connectivity index is 1.70. The van der Waals surface area contributed by atoms with E-state index >= 15 is 0 Å². The van der Waals surface area contributed by atoms with Gasteiger partial charge in [-0.3, -0.25) is 4.79 Å². The van der Waals surface area contributed by atoms with Crippen molar-refractivity contribution >= 4 is 28.5 Å². The van der Waals surface area contributed by atoms with E-state index in [2.05, 4.69) is 10.1 Å². The summed E-state index contributed by atoms with van der Waals surface area (Å²) in [5.74, 6) is -1.69. The van der Waals surface area contributed by atoms with Crippen LogP contribution in [0.3, 0.4) is 0 Å². The summed E-state index contributed by atoms with van der Waals surface area (Å²) < 4.78 is 40.0. The van der Waals surface area contributed by atoms with Gasteiger partial charge < -0.3 is 19.2 Å². The minimum atomic E-state index is -3.04. The minimum absolute atomic E-state index is 0.00211. The standard InChI is InChI=1S/C20H17F2NO5/c1-11-13-7-3-5-9-15(13)27-17(11)19(25)26-12(2)18(24)23-14-8-4-6-10-16(14)28-20(21)22/h3-10,12,20H,1-2H3,(H,23,24)/t12-/m1/s1. The fourth-order valence-corrected chi connectivity index (χ4v) is 2.64. The fraction of sp³-hybridized carbons (Fsp3) is 0.200. The SMILES string of the molecule is Cc1c(C(=O)O[C@H](C)C(=O)Nc2ccccc2OC(F)F)oc2ccccc12. The molecule has 0 radical (unpaired) electrons. The molecule has 1 N–H and O–H groups in total. The van der Waals surface area contributed by atoms with E-state index in [4.69, 9.17) is 9.15 Å². The Kier molecular flexibility index (Phi) is 5.58. The smallest absolute Gasteiger partial charge is 0.387 e. The van der Waals surface area contributed by atoms with E-state index in [1.165, 1.54) is 25.1 Å². The zero-order chi connectivity index (χ0) is 20.3. The number of esters is 1. The second-order valence-corrected chi connectivity index (χ2v) is 5.96. The quantitative estimate of drug-likeness (QED) is 0.627. The number of halogens is 2. The number of carbonyl (C=O) groups is 2. The topological polar surface area (TPSA) is 77.8 Å². The van der Waals surface area contributed by atoms with E-state index in [1.807, 2.05) is 6.07 Å². The third-order valence-corrected chi connectivity index (χ3v) is 4.04. The molecular formula is C20H17F2NO5. The molecule has 0 aliphatic carbocycles. The van der Waals surface area contributed by atoms with Gasteiger partial charge in [0, 0.05) is 10.9 Å². The monoisotopic (exact) mass is 389 g/mol. The number of amides is 1. The van der Waals surface area contributed by atoms with Gasteiger partial charge in [0.25, 0.3) is 5.91 Å². The van der Waals surface area contributed by atoms with Crippen molar-refractivity contribution in [3.05, 3.63) is 59.9 Å². The van der Waals surface area contributed by atoms with Crippen LogP contribution >= 0.6 is 0 Å². The largest absolute Gasteiger partial charge is 0.449 e. The number of aryl methyl sites for hydroxylation is 1. The Morgan fingerprint density at radius 2 is 1.75 bits per heavy atom. The first kappa shape index (κ1) is 19.3. The maximum atomic E-state index is 12.5. The van der Waals surface area contributed by atoms with Gasteiger partial charge in [-0.15, -0.1) is 0 Å². The molecule has 0 aliphatic rings. The molecule has 1 amide bonds. The van der Waals surface area contributed by atoms with Gasteiger partial charge in [0.2, 0.25) is 5.76 Å². The summed E-state index contributed by atoms with van der Waals surface area (Å²) in [7, 11) is 0. The van der Waals surface area contributed by atoms with Gasteiger partial charge in [0.1, 0.15) is 11.3 Å². The van der Waals surface area contributed by atoms with Gasteiger partial charge in [0.05, 0.1) is 5.69 Å². The van der Waals surface area contributed by atoms with Crippen molar-refractivity contribution in [1.82, 2.24) is 0 Å². The van der Waals surface area contributed by atoms with Crippen LogP contribution in [0.5, 0.6) is 5.75 Å².